The molecule has 16 heavy (non-hydrogen) atoms. The SMILES string of the molecule is CC(C)NCC(C)c1cc(F)c(Cl)cc1Cl. The number of rotatable bonds is 4. The highest BCUT2D eigenvalue weighted by atomic mass is 35.5. The lowest BCUT2D eigenvalue weighted by Gasteiger charge is -2.17. The number of hydrogen-bond acceptors (Lipinski definition) is 1. The molecule has 4 heteroatoms. The van der Waals surface area contributed by atoms with Gasteiger partial charge < -0.3 is 5.32 Å². The molecule has 1 aromatic carbocycles. The molecule has 1 rings (SSSR count). The second-order valence-electron chi connectivity index (χ2n) is 4.25. The summed E-state index contributed by atoms with van der Waals surface area (Å²) in [6.45, 7) is 6.90. The molecule has 1 unspecified atom stereocenters. The van der Waals surface area contributed by atoms with Gasteiger partial charge in [-0.2, -0.15) is 0 Å². The van der Waals surface area contributed by atoms with Crippen LogP contribution in [-0.4, -0.2) is 12.6 Å². The Kier molecular flexibility index (Phi) is 5.03. The predicted molar refractivity (Wildman–Crippen MR) is 68.0 cm³/mol. The molecule has 0 radical (unpaired) electrons. The third kappa shape index (κ3) is 3.62. The molecule has 0 saturated heterocycles. The number of nitrogens with one attached hydrogen (secondary N) is 1. The monoisotopic (exact) mass is 263 g/mol. The predicted octanol–water partition coefficient (Wildman–Crippen LogP) is 4.23. The number of benzene rings is 1. The highest BCUT2D eigenvalue weighted by Crippen LogP contribution is 2.29. The van der Waals surface area contributed by atoms with Crippen molar-refractivity contribution in [2.24, 2.45) is 0 Å². The standard InChI is InChI=1S/C12H16Cl2FN/c1-7(2)16-6-8(3)9-4-12(15)11(14)5-10(9)13/h4-5,7-8,16H,6H2,1-3H3. The van der Waals surface area contributed by atoms with Crippen LogP contribution < -0.4 is 5.32 Å². The molecule has 90 valence electrons. The highest BCUT2D eigenvalue weighted by Gasteiger charge is 2.13. The van der Waals surface area contributed by atoms with Gasteiger partial charge in [0.15, 0.2) is 0 Å². The van der Waals surface area contributed by atoms with Crippen molar-refractivity contribution < 1.29 is 4.39 Å². The van der Waals surface area contributed by atoms with Crippen molar-refractivity contribution in [2.75, 3.05) is 6.54 Å². The Morgan fingerprint density at radius 1 is 1.19 bits per heavy atom. The molecule has 0 bridgehead atoms. The van der Waals surface area contributed by atoms with Crippen molar-refractivity contribution >= 4 is 23.2 Å². The van der Waals surface area contributed by atoms with Gasteiger partial charge in [0.2, 0.25) is 0 Å². The minimum Gasteiger partial charge on any atom is -0.314 e. The number of hydrogen-bond donors (Lipinski definition) is 1. The quantitative estimate of drug-likeness (QED) is 0.802. The summed E-state index contributed by atoms with van der Waals surface area (Å²) < 4.78 is 13.3. The zero-order valence-corrected chi connectivity index (χ0v) is 11.2. The Morgan fingerprint density at radius 3 is 2.38 bits per heavy atom. The van der Waals surface area contributed by atoms with Crippen molar-refractivity contribution in [1.82, 2.24) is 5.32 Å². The number of halogens is 3. The van der Waals surface area contributed by atoms with E-state index in [0.29, 0.717) is 11.1 Å². The van der Waals surface area contributed by atoms with Crippen LogP contribution in [0, 0.1) is 5.82 Å². The summed E-state index contributed by atoms with van der Waals surface area (Å²) >= 11 is 11.7. The molecule has 0 aliphatic rings. The molecule has 1 atom stereocenters. The van der Waals surface area contributed by atoms with Crippen molar-refractivity contribution in [3.8, 4) is 0 Å². The van der Waals surface area contributed by atoms with Crippen LogP contribution in [0.2, 0.25) is 10.0 Å². The molecule has 0 amide bonds. The van der Waals surface area contributed by atoms with Crippen LogP contribution >= 0.6 is 23.2 Å². The van der Waals surface area contributed by atoms with Crippen LogP contribution in [0.25, 0.3) is 0 Å². The molecule has 0 aliphatic heterocycles. The van der Waals surface area contributed by atoms with Gasteiger partial charge in [0.05, 0.1) is 5.02 Å². The maximum Gasteiger partial charge on any atom is 0.142 e. The molecule has 1 N–H and O–H groups in total. The van der Waals surface area contributed by atoms with Crippen LogP contribution in [0.1, 0.15) is 32.3 Å². The van der Waals surface area contributed by atoms with Crippen LogP contribution in [0.4, 0.5) is 4.39 Å². The van der Waals surface area contributed by atoms with Crippen molar-refractivity contribution in [1.29, 1.82) is 0 Å². The minimum absolute atomic E-state index is 0.0674. The van der Waals surface area contributed by atoms with Crippen LogP contribution in [-0.2, 0) is 0 Å². The van der Waals surface area contributed by atoms with Crippen molar-refractivity contribution in [3.63, 3.8) is 0 Å². The van der Waals surface area contributed by atoms with Crippen LogP contribution in [0.5, 0.6) is 0 Å². The summed E-state index contributed by atoms with van der Waals surface area (Å²) in [5, 5.41) is 3.88. The summed E-state index contributed by atoms with van der Waals surface area (Å²) in [6, 6.07) is 3.27. The molecule has 0 heterocycles. The Morgan fingerprint density at radius 2 is 1.81 bits per heavy atom. The third-order valence-corrected chi connectivity index (χ3v) is 3.02. The summed E-state index contributed by atoms with van der Waals surface area (Å²) in [6.07, 6.45) is 0. The van der Waals surface area contributed by atoms with Gasteiger partial charge in [0, 0.05) is 17.6 Å². The lowest BCUT2D eigenvalue weighted by Crippen LogP contribution is -2.27. The first kappa shape index (κ1) is 13.8. The smallest absolute Gasteiger partial charge is 0.142 e. The van der Waals surface area contributed by atoms with E-state index in [0.717, 1.165) is 12.1 Å². The van der Waals surface area contributed by atoms with E-state index in [1.807, 2.05) is 6.92 Å². The molecule has 1 aromatic rings. The van der Waals surface area contributed by atoms with E-state index in [1.165, 1.54) is 12.1 Å². The Bertz CT molecular complexity index is 366. The van der Waals surface area contributed by atoms with Gasteiger partial charge in [0.25, 0.3) is 0 Å². The lowest BCUT2D eigenvalue weighted by molar-refractivity contribution is 0.545. The molecule has 0 aliphatic carbocycles. The fourth-order valence-electron chi connectivity index (χ4n) is 1.44. The summed E-state index contributed by atoms with van der Waals surface area (Å²) in [7, 11) is 0. The third-order valence-electron chi connectivity index (χ3n) is 2.40. The zero-order chi connectivity index (χ0) is 12.3. The van der Waals surface area contributed by atoms with E-state index in [1.54, 1.807) is 0 Å². The van der Waals surface area contributed by atoms with Crippen LogP contribution in [0.3, 0.4) is 0 Å². The largest absolute Gasteiger partial charge is 0.314 e. The maximum atomic E-state index is 13.3. The molecule has 0 spiro atoms. The average Bonchev–Trinajstić information content (AvgIpc) is 2.20. The minimum atomic E-state index is -0.419. The van der Waals surface area contributed by atoms with E-state index < -0.39 is 5.82 Å². The Hall–Kier alpha value is -0.310. The second kappa shape index (κ2) is 5.85. The van der Waals surface area contributed by atoms with Gasteiger partial charge >= 0.3 is 0 Å². The first-order valence-corrected chi connectivity index (χ1v) is 6.05. The zero-order valence-electron chi connectivity index (χ0n) is 9.65. The lowest BCUT2D eigenvalue weighted by atomic mass is 10.0. The van der Waals surface area contributed by atoms with E-state index in [2.05, 4.69) is 19.2 Å². The molecule has 1 nitrogen and oxygen atoms in total. The van der Waals surface area contributed by atoms with Gasteiger partial charge in [0.1, 0.15) is 5.82 Å². The van der Waals surface area contributed by atoms with Gasteiger partial charge in [-0.25, -0.2) is 4.39 Å². The molecular formula is C12H16Cl2FN. The highest BCUT2D eigenvalue weighted by molar-refractivity contribution is 6.35. The first-order chi connectivity index (χ1) is 7.41. The first-order valence-electron chi connectivity index (χ1n) is 5.29. The molecule has 0 saturated carbocycles. The van der Waals surface area contributed by atoms with Crippen molar-refractivity contribution in [3.05, 3.63) is 33.6 Å². The topological polar surface area (TPSA) is 12.0 Å². The van der Waals surface area contributed by atoms with E-state index in [-0.39, 0.29) is 10.9 Å². The van der Waals surface area contributed by atoms with E-state index in [9.17, 15) is 4.39 Å². The Labute approximate surface area is 106 Å². The van der Waals surface area contributed by atoms with Gasteiger partial charge in [-0.1, -0.05) is 44.0 Å². The Balaban J connectivity index is 2.82. The molecule has 0 aromatic heterocycles. The fourth-order valence-corrected chi connectivity index (χ4v) is 2.01. The summed E-state index contributed by atoms with van der Waals surface area (Å²) in [5.41, 5.74) is 0.789. The molecular weight excluding hydrogens is 248 g/mol. The van der Waals surface area contributed by atoms with E-state index in [4.69, 9.17) is 23.2 Å². The van der Waals surface area contributed by atoms with Gasteiger partial charge in [-0.05, 0) is 23.6 Å². The van der Waals surface area contributed by atoms with E-state index >= 15 is 0 Å². The second-order valence-corrected chi connectivity index (χ2v) is 5.07. The van der Waals surface area contributed by atoms with Gasteiger partial charge in [-0.15, -0.1) is 0 Å². The average molecular weight is 264 g/mol. The van der Waals surface area contributed by atoms with Crippen molar-refractivity contribution in [2.45, 2.75) is 32.7 Å². The summed E-state index contributed by atoms with van der Waals surface area (Å²) in [4.78, 5) is 0. The summed E-state index contributed by atoms with van der Waals surface area (Å²) in [5.74, 6) is -0.265. The molecule has 0 fully saturated rings. The fraction of sp³-hybridized carbons (Fsp3) is 0.500. The van der Waals surface area contributed by atoms with Crippen LogP contribution in [0.15, 0.2) is 12.1 Å². The van der Waals surface area contributed by atoms with Gasteiger partial charge in [-0.3, -0.25) is 0 Å². The maximum absolute atomic E-state index is 13.3. The normalized spacial score (nSPS) is 13.2.